The molecule has 0 radical (unpaired) electrons. The predicted octanol–water partition coefficient (Wildman–Crippen LogP) is 3.41. The first-order chi connectivity index (χ1) is 9.90. The molecular formula is C15H18ClNO3S. The fraction of sp³-hybridized carbons (Fsp3) is 0.467. The lowest BCUT2D eigenvalue weighted by Gasteiger charge is -2.31. The summed E-state index contributed by atoms with van der Waals surface area (Å²) in [7, 11) is 0. The van der Waals surface area contributed by atoms with Crippen LogP contribution in [0.5, 0.6) is 0 Å². The van der Waals surface area contributed by atoms with Gasteiger partial charge in [0.2, 0.25) is 5.91 Å². The van der Waals surface area contributed by atoms with E-state index in [9.17, 15) is 14.7 Å². The second kappa shape index (κ2) is 6.71. The first kappa shape index (κ1) is 16.2. The molecule has 0 bridgehead atoms. The van der Waals surface area contributed by atoms with Crippen LogP contribution in [0.15, 0.2) is 24.3 Å². The Labute approximate surface area is 133 Å². The van der Waals surface area contributed by atoms with Crippen molar-refractivity contribution in [1.29, 1.82) is 0 Å². The molecule has 0 spiro atoms. The summed E-state index contributed by atoms with van der Waals surface area (Å²) in [6, 6.07) is 6.43. The number of thioether (sulfide) groups is 1. The molecule has 2 unspecified atom stereocenters. The summed E-state index contributed by atoms with van der Waals surface area (Å²) in [6.45, 7) is 3.92. The number of benzene rings is 1. The van der Waals surface area contributed by atoms with Gasteiger partial charge in [0.1, 0.15) is 11.4 Å². The zero-order chi connectivity index (χ0) is 15.6. The fourth-order valence-electron chi connectivity index (χ4n) is 2.44. The molecule has 1 aliphatic rings. The van der Waals surface area contributed by atoms with E-state index in [0.29, 0.717) is 17.2 Å². The number of carbonyl (C=O) groups is 2. The van der Waals surface area contributed by atoms with E-state index in [4.69, 9.17) is 11.6 Å². The summed E-state index contributed by atoms with van der Waals surface area (Å²) in [5.74, 6) is -0.545. The van der Waals surface area contributed by atoms with Gasteiger partial charge in [-0.25, -0.2) is 4.79 Å². The topological polar surface area (TPSA) is 57.6 Å². The van der Waals surface area contributed by atoms with Crippen molar-refractivity contribution in [3.63, 3.8) is 0 Å². The molecule has 6 heteroatoms. The molecule has 1 aromatic rings. The highest BCUT2D eigenvalue weighted by molar-refractivity contribution is 8.00. The molecule has 1 heterocycles. The highest BCUT2D eigenvalue weighted by Gasteiger charge is 2.41. The Morgan fingerprint density at radius 1 is 1.43 bits per heavy atom. The number of hydrogen-bond donors (Lipinski definition) is 1. The Morgan fingerprint density at radius 2 is 2.05 bits per heavy atom. The van der Waals surface area contributed by atoms with Gasteiger partial charge in [-0.1, -0.05) is 37.6 Å². The van der Waals surface area contributed by atoms with Crippen molar-refractivity contribution in [1.82, 2.24) is 4.90 Å². The third-order valence-corrected chi connectivity index (χ3v) is 4.86. The number of hydrogen-bond acceptors (Lipinski definition) is 3. The maximum atomic E-state index is 12.2. The fourth-order valence-corrected chi connectivity index (χ4v) is 3.79. The molecule has 2 rings (SSSR count). The van der Waals surface area contributed by atoms with Gasteiger partial charge < -0.3 is 10.0 Å². The van der Waals surface area contributed by atoms with E-state index in [1.54, 1.807) is 12.1 Å². The van der Waals surface area contributed by atoms with Crippen LogP contribution in [-0.2, 0) is 9.59 Å². The average molecular weight is 328 g/mol. The first-order valence-electron chi connectivity index (χ1n) is 6.81. The third-order valence-electron chi connectivity index (χ3n) is 3.38. The van der Waals surface area contributed by atoms with Gasteiger partial charge in [-0.15, -0.1) is 11.8 Å². The van der Waals surface area contributed by atoms with Gasteiger partial charge in [-0.2, -0.15) is 0 Å². The highest BCUT2D eigenvalue weighted by Crippen LogP contribution is 2.41. The van der Waals surface area contributed by atoms with E-state index in [1.165, 1.54) is 16.7 Å². The molecule has 1 aliphatic heterocycles. The second-order valence-electron chi connectivity index (χ2n) is 5.50. The average Bonchev–Trinajstić information content (AvgIpc) is 2.78. The van der Waals surface area contributed by atoms with E-state index in [2.05, 4.69) is 0 Å². The van der Waals surface area contributed by atoms with Gasteiger partial charge in [-0.3, -0.25) is 4.79 Å². The molecule has 1 fully saturated rings. The summed E-state index contributed by atoms with van der Waals surface area (Å²) in [4.78, 5) is 25.3. The van der Waals surface area contributed by atoms with E-state index >= 15 is 0 Å². The normalized spacial score (nSPS) is 20.1. The van der Waals surface area contributed by atoms with Crippen molar-refractivity contribution in [3.8, 4) is 0 Å². The molecule has 1 aromatic carbocycles. The van der Waals surface area contributed by atoms with Gasteiger partial charge in [0, 0.05) is 5.02 Å². The van der Waals surface area contributed by atoms with Gasteiger partial charge >= 0.3 is 5.97 Å². The number of carboxylic acids is 1. The Balaban J connectivity index is 2.30. The van der Waals surface area contributed by atoms with Crippen LogP contribution in [-0.4, -0.2) is 33.7 Å². The quantitative estimate of drug-likeness (QED) is 0.900. The number of aliphatic carboxylic acids is 1. The number of amides is 1. The summed E-state index contributed by atoms with van der Waals surface area (Å²) < 4.78 is 0. The monoisotopic (exact) mass is 327 g/mol. The Hall–Kier alpha value is -1.20. The number of halogens is 1. The van der Waals surface area contributed by atoms with E-state index in [-0.39, 0.29) is 17.2 Å². The van der Waals surface area contributed by atoms with E-state index in [1.807, 2.05) is 26.0 Å². The lowest BCUT2D eigenvalue weighted by atomic mass is 10.0. The SMILES string of the molecule is CC(C)CC(C(=O)O)N1C(=O)CSC1c1ccc(Cl)cc1. The van der Waals surface area contributed by atoms with Crippen molar-refractivity contribution in [2.75, 3.05) is 5.75 Å². The van der Waals surface area contributed by atoms with E-state index in [0.717, 1.165) is 5.56 Å². The maximum Gasteiger partial charge on any atom is 0.326 e. The summed E-state index contributed by atoms with van der Waals surface area (Å²) in [5, 5.41) is 9.85. The molecule has 4 nitrogen and oxygen atoms in total. The van der Waals surface area contributed by atoms with Crippen molar-refractivity contribution < 1.29 is 14.7 Å². The predicted molar refractivity (Wildman–Crippen MR) is 84.4 cm³/mol. The Morgan fingerprint density at radius 3 is 2.57 bits per heavy atom. The van der Waals surface area contributed by atoms with Crippen LogP contribution in [0.1, 0.15) is 31.2 Å². The minimum absolute atomic E-state index is 0.118. The number of carboxylic acid groups (broad SMARTS) is 1. The number of nitrogens with zero attached hydrogens (tertiary/aromatic N) is 1. The maximum absolute atomic E-state index is 12.2. The van der Waals surface area contributed by atoms with Gasteiger partial charge in [0.25, 0.3) is 0 Å². The van der Waals surface area contributed by atoms with Gasteiger partial charge in [0.05, 0.1) is 5.75 Å². The van der Waals surface area contributed by atoms with Crippen molar-refractivity contribution in [3.05, 3.63) is 34.9 Å². The summed E-state index contributed by atoms with van der Waals surface area (Å²) in [6.07, 6.45) is 0.450. The highest BCUT2D eigenvalue weighted by atomic mass is 35.5. The van der Waals surface area contributed by atoms with Gasteiger partial charge in [-0.05, 0) is 30.0 Å². The molecule has 114 valence electrons. The van der Waals surface area contributed by atoms with Gasteiger partial charge in [0.15, 0.2) is 0 Å². The summed E-state index contributed by atoms with van der Waals surface area (Å²) >= 11 is 7.34. The van der Waals surface area contributed by atoms with Crippen LogP contribution in [0.2, 0.25) is 5.02 Å². The van der Waals surface area contributed by atoms with Crippen molar-refractivity contribution in [2.45, 2.75) is 31.7 Å². The molecular weight excluding hydrogens is 310 g/mol. The zero-order valence-electron chi connectivity index (χ0n) is 12.0. The van der Waals surface area contributed by atoms with Crippen LogP contribution < -0.4 is 0 Å². The van der Waals surface area contributed by atoms with Crippen LogP contribution in [0, 0.1) is 5.92 Å². The Kier molecular flexibility index (Phi) is 5.17. The van der Waals surface area contributed by atoms with Crippen LogP contribution in [0.4, 0.5) is 0 Å². The minimum atomic E-state index is -0.946. The molecule has 21 heavy (non-hydrogen) atoms. The zero-order valence-corrected chi connectivity index (χ0v) is 13.5. The molecule has 0 aliphatic carbocycles. The van der Waals surface area contributed by atoms with Crippen LogP contribution in [0.25, 0.3) is 0 Å². The third kappa shape index (κ3) is 3.71. The molecule has 2 atom stereocenters. The smallest absolute Gasteiger partial charge is 0.326 e. The molecule has 1 amide bonds. The summed E-state index contributed by atoms with van der Waals surface area (Å²) in [5.41, 5.74) is 0.908. The van der Waals surface area contributed by atoms with Crippen molar-refractivity contribution in [2.24, 2.45) is 5.92 Å². The lowest BCUT2D eigenvalue weighted by Crippen LogP contribution is -2.44. The van der Waals surface area contributed by atoms with Crippen molar-refractivity contribution >= 4 is 35.2 Å². The van der Waals surface area contributed by atoms with Crippen LogP contribution in [0.3, 0.4) is 0 Å². The number of rotatable bonds is 5. The largest absolute Gasteiger partial charge is 0.480 e. The molecule has 1 saturated heterocycles. The van der Waals surface area contributed by atoms with Crippen LogP contribution >= 0.6 is 23.4 Å². The molecule has 0 saturated carbocycles. The second-order valence-corrected chi connectivity index (χ2v) is 7.00. The number of carbonyl (C=O) groups excluding carboxylic acids is 1. The Bertz CT molecular complexity index is 532. The van der Waals surface area contributed by atoms with E-state index < -0.39 is 12.0 Å². The molecule has 1 N–H and O–H groups in total. The first-order valence-corrected chi connectivity index (χ1v) is 8.24. The standard InChI is InChI=1S/C15H18ClNO3S/c1-9(2)7-12(15(19)20)17-13(18)8-21-14(17)10-3-5-11(16)6-4-10/h3-6,9,12,14H,7-8H2,1-2H3,(H,19,20). The molecule has 0 aromatic heterocycles. The lowest BCUT2D eigenvalue weighted by molar-refractivity contribution is -0.150. The minimum Gasteiger partial charge on any atom is -0.480 e.